The van der Waals surface area contributed by atoms with Gasteiger partial charge in [-0.1, -0.05) is 23.7 Å². The van der Waals surface area contributed by atoms with E-state index in [9.17, 15) is 18.4 Å². The smallest absolute Gasteiger partial charge is 0.257 e. The molecule has 0 fully saturated rings. The molecule has 1 atom stereocenters. The lowest BCUT2D eigenvalue weighted by molar-refractivity contribution is -0.131. The molecule has 2 N–H and O–H groups in total. The van der Waals surface area contributed by atoms with Crippen LogP contribution in [0, 0.1) is 11.6 Å². The summed E-state index contributed by atoms with van der Waals surface area (Å²) in [6, 6.07) is 9.64. The molecule has 2 aromatic carbocycles. The Bertz CT molecular complexity index is 959. The Morgan fingerprint density at radius 1 is 1.21 bits per heavy atom. The summed E-state index contributed by atoms with van der Waals surface area (Å²) in [6.45, 7) is 1.78. The van der Waals surface area contributed by atoms with Crippen molar-refractivity contribution in [3.8, 4) is 0 Å². The number of ketones is 1. The van der Waals surface area contributed by atoms with Gasteiger partial charge in [-0.15, -0.1) is 0 Å². The number of rotatable bonds is 6. The number of nitrogens with two attached hydrogens (primary N) is 1. The van der Waals surface area contributed by atoms with Crippen molar-refractivity contribution >= 4 is 29.3 Å². The molecule has 8 heteroatoms. The Balaban J connectivity index is 1.70. The number of carbonyl (C=O) groups is 2. The zero-order valence-corrected chi connectivity index (χ0v) is 15.8. The minimum Gasteiger partial charge on any atom is -0.369 e. The fourth-order valence-electron chi connectivity index (χ4n) is 3.11. The number of hydrogen-bond acceptors (Lipinski definition) is 4. The highest BCUT2D eigenvalue weighted by Crippen LogP contribution is 2.29. The maximum Gasteiger partial charge on any atom is 0.257 e. The number of guanidine groups is 1. The Kier molecular flexibility index (Phi) is 5.47. The van der Waals surface area contributed by atoms with Crippen LogP contribution in [0.25, 0.3) is 0 Å². The Morgan fingerprint density at radius 2 is 1.89 bits per heavy atom. The molecule has 0 saturated heterocycles. The second-order valence-electron chi connectivity index (χ2n) is 6.85. The molecule has 0 radical (unpaired) electrons. The van der Waals surface area contributed by atoms with Crippen molar-refractivity contribution in [2.45, 2.75) is 31.8 Å². The lowest BCUT2D eigenvalue weighted by Gasteiger charge is -2.22. The van der Waals surface area contributed by atoms with Crippen LogP contribution in [0.2, 0.25) is 5.02 Å². The van der Waals surface area contributed by atoms with E-state index in [0.717, 1.165) is 17.7 Å². The molecule has 0 saturated carbocycles. The summed E-state index contributed by atoms with van der Waals surface area (Å²) < 4.78 is 26.6. The summed E-state index contributed by atoms with van der Waals surface area (Å²) in [7, 11) is 0. The van der Waals surface area contributed by atoms with Gasteiger partial charge in [-0.3, -0.25) is 14.5 Å². The van der Waals surface area contributed by atoms with E-state index in [2.05, 4.69) is 4.99 Å². The molecule has 1 aliphatic heterocycles. The number of nitrogens with zero attached hydrogens (tertiary/aromatic N) is 2. The van der Waals surface area contributed by atoms with Gasteiger partial charge in [0.1, 0.15) is 17.2 Å². The van der Waals surface area contributed by atoms with Gasteiger partial charge in [0, 0.05) is 23.1 Å². The van der Waals surface area contributed by atoms with E-state index in [4.69, 9.17) is 17.3 Å². The van der Waals surface area contributed by atoms with Crippen LogP contribution in [-0.4, -0.2) is 28.1 Å². The molecule has 2 aromatic rings. The van der Waals surface area contributed by atoms with Gasteiger partial charge >= 0.3 is 0 Å². The van der Waals surface area contributed by atoms with E-state index in [1.807, 2.05) is 6.07 Å². The number of carbonyl (C=O) groups excluding carboxylic acids is 2. The van der Waals surface area contributed by atoms with E-state index >= 15 is 0 Å². The topological polar surface area (TPSA) is 75.8 Å². The first-order valence-electron chi connectivity index (χ1n) is 8.59. The van der Waals surface area contributed by atoms with Gasteiger partial charge in [0.05, 0.1) is 6.54 Å². The van der Waals surface area contributed by atoms with E-state index in [1.54, 1.807) is 25.1 Å². The summed E-state index contributed by atoms with van der Waals surface area (Å²) in [5.74, 6) is -2.43. The second kappa shape index (κ2) is 7.67. The minimum atomic E-state index is -1.22. The number of hydrogen-bond donors (Lipinski definition) is 1. The number of aliphatic imine (C=N–C) groups is 1. The third-order valence-corrected chi connectivity index (χ3v) is 4.83. The molecule has 28 heavy (non-hydrogen) atoms. The average Bonchev–Trinajstić information content (AvgIpc) is 2.82. The van der Waals surface area contributed by atoms with Crippen LogP contribution in [0.15, 0.2) is 47.5 Å². The molecule has 5 nitrogen and oxygen atoms in total. The van der Waals surface area contributed by atoms with E-state index in [1.165, 1.54) is 4.90 Å². The fourth-order valence-corrected chi connectivity index (χ4v) is 3.32. The third kappa shape index (κ3) is 4.20. The summed E-state index contributed by atoms with van der Waals surface area (Å²) in [6.07, 6.45) is -0.0392. The number of Topliss-reactive ketones (excluding diaryl/α,β-unsaturated/α-hetero) is 1. The van der Waals surface area contributed by atoms with Crippen LogP contribution in [-0.2, 0) is 11.3 Å². The quantitative estimate of drug-likeness (QED) is 0.744. The van der Waals surface area contributed by atoms with Crippen molar-refractivity contribution in [2.24, 2.45) is 10.7 Å². The van der Waals surface area contributed by atoms with Crippen molar-refractivity contribution in [1.29, 1.82) is 0 Å². The molecular weight excluding hydrogens is 388 g/mol. The standard InChI is InChI=1S/C20H18ClF2N3O2/c1-20(6-5-17(27)13-8-15(22)10-16(23)9-13)18(28)26(19(24)25-20)11-12-3-2-4-14(21)7-12/h2-4,7-10H,5-6,11H2,1H3,(H2,24,25). The van der Waals surface area contributed by atoms with Crippen LogP contribution < -0.4 is 5.73 Å². The molecule has 1 aliphatic rings. The third-order valence-electron chi connectivity index (χ3n) is 4.60. The average molecular weight is 406 g/mol. The number of halogens is 3. The van der Waals surface area contributed by atoms with Gasteiger partial charge in [-0.05, 0) is 43.2 Å². The van der Waals surface area contributed by atoms with Crippen molar-refractivity contribution in [3.63, 3.8) is 0 Å². The first-order chi connectivity index (χ1) is 13.2. The van der Waals surface area contributed by atoms with Gasteiger partial charge in [-0.25, -0.2) is 13.8 Å². The van der Waals surface area contributed by atoms with E-state index in [0.29, 0.717) is 11.1 Å². The lowest BCUT2D eigenvalue weighted by atomic mass is 9.93. The lowest BCUT2D eigenvalue weighted by Crippen LogP contribution is -2.42. The molecule has 1 amide bonds. The summed E-state index contributed by atoms with van der Waals surface area (Å²) >= 11 is 5.97. The van der Waals surface area contributed by atoms with Crippen molar-refractivity contribution in [1.82, 2.24) is 4.90 Å². The number of amides is 1. The Labute approximate surface area is 165 Å². The van der Waals surface area contributed by atoms with Crippen molar-refractivity contribution < 1.29 is 18.4 Å². The Morgan fingerprint density at radius 3 is 2.54 bits per heavy atom. The predicted molar refractivity (Wildman–Crippen MR) is 102 cm³/mol. The summed E-state index contributed by atoms with van der Waals surface area (Å²) in [5, 5.41) is 0.537. The maximum absolute atomic E-state index is 13.3. The van der Waals surface area contributed by atoms with Crippen molar-refractivity contribution in [3.05, 3.63) is 70.2 Å². The summed E-state index contributed by atoms with van der Waals surface area (Å²) in [5.41, 5.74) is 5.41. The molecule has 0 aromatic heterocycles. The molecular formula is C20H18ClF2N3O2. The zero-order valence-electron chi connectivity index (χ0n) is 15.1. The summed E-state index contributed by atoms with van der Waals surface area (Å²) in [4.78, 5) is 30.7. The first kappa shape index (κ1) is 19.9. The highest BCUT2D eigenvalue weighted by Gasteiger charge is 2.43. The molecule has 1 unspecified atom stereocenters. The molecule has 0 aliphatic carbocycles. The molecule has 0 spiro atoms. The molecule has 1 heterocycles. The molecule has 3 rings (SSSR count). The first-order valence-corrected chi connectivity index (χ1v) is 8.97. The highest BCUT2D eigenvalue weighted by molar-refractivity contribution is 6.30. The van der Waals surface area contributed by atoms with Crippen LogP contribution in [0.1, 0.15) is 35.7 Å². The van der Waals surface area contributed by atoms with Crippen LogP contribution in [0.3, 0.4) is 0 Å². The van der Waals surface area contributed by atoms with Gasteiger partial charge in [0.15, 0.2) is 11.7 Å². The minimum absolute atomic E-state index is 0.0525. The number of benzene rings is 2. The normalized spacial score (nSPS) is 19.1. The van der Waals surface area contributed by atoms with Gasteiger partial charge in [0.25, 0.3) is 5.91 Å². The predicted octanol–water partition coefficient (Wildman–Crippen LogP) is 3.70. The van der Waals surface area contributed by atoms with Crippen LogP contribution in [0.4, 0.5) is 8.78 Å². The van der Waals surface area contributed by atoms with E-state index in [-0.39, 0.29) is 36.8 Å². The maximum atomic E-state index is 13.3. The monoisotopic (exact) mass is 405 g/mol. The second-order valence-corrected chi connectivity index (χ2v) is 7.28. The SMILES string of the molecule is CC1(CCC(=O)c2cc(F)cc(F)c2)N=C(N)N(Cc2cccc(Cl)c2)C1=O. The van der Waals surface area contributed by atoms with Crippen LogP contribution >= 0.6 is 11.6 Å². The van der Waals surface area contributed by atoms with Gasteiger partial charge in [0.2, 0.25) is 0 Å². The zero-order chi connectivity index (χ0) is 20.5. The van der Waals surface area contributed by atoms with Crippen LogP contribution in [0.5, 0.6) is 0 Å². The van der Waals surface area contributed by atoms with E-state index < -0.39 is 23.0 Å². The molecule has 146 valence electrons. The van der Waals surface area contributed by atoms with Crippen molar-refractivity contribution in [2.75, 3.05) is 0 Å². The Hall–Kier alpha value is -2.80. The largest absolute Gasteiger partial charge is 0.369 e. The molecule has 0 bridgehead atoms. The fraction of sp³-hybridized carbons (Fsp3) is 0.250. The van der Waals surface area contributed by atoms with Gasteiger partial charge in [-0.2, -0.15) is 0 Å². The van der Waals surface area contributed by atoms with Gasteiger partial charge < -0.3 is 5.73 Å². The highest BCUT2D eigenvalue weighted by atomic mass is 35.5.